The van der Waals surface area contributed by atoms with Gasteiger partial charge in [0.05, 0.1) is 17.9 Å². The average molecular weight is 224 g/mol. The third kappa shape index (κ3) is 3.04. The van der Waals surface area contributed by atoms with Gasteiger partial charge in [-0.25, -0.2) is 0 Å². The molecule has 2 unspecified atom stereocenters. The van der Waals surface area contributed by atoms with Crippen molar-refractivity contribution in [3.05, 3.63) is 11.9 Å². The molecule has 0 saturated heterocycles. The van der Waals surface area contributed by atoms with Crippen molar-refractivity contribution >= 4 is 0 Å². The summed E-state index contributed by atoms with van der Waals surface area (Å²) in [6.07, 6.45) is 2.94. The van der Waals surface area contributed by atoms with Crippen molar-refractivity contribution < 1.29 is 0 Å². The highest BCUT2D eigenvalue weighted by molar-refractivity contribution is 5.02. The standard InChI is InChI=1S/C12H24N4/c1-9(12(2,3)4)7-10(13-5)11-8-14-15-16(11)6/h8-10,13H,7H2,1-6H3. The van der Waals surface area contributed by atoms with Crippen molar-refractivity contribution in [2.75, 3.05) is 7.05 Å². The summed E-state index contributed by atoms with van der Waals surface area (Å²) >= 11 is 0. The Bertz CT molecular complexity index is 324. The molecule has 0 saturated carbocycles. The van der Waals surface area contributed by atoms with Crippen molar-refractivity contribution in [1.29, 1.82) is 0 Å². The van der Waals surface area contributed by atoms with Crippen molar-refractivity contribution in [3.63, 3.8) is 0 Å². The predicted molar refractivity (Wildman–Crippen MR) is 66.0 cm³/mol. The van der Waals surface area contributed by atoms with Gasteiger partial charge in [-0.15, -0.1) is 5.10 Å². The molecule has 4 nitrogen and oxygen atoms in total. The second-order valence-corrected chi connectivity index (χ2v) is 5.63. The van der Waals surface area contributed by atoms with Crippen molar-refractivity contribution in [3.8, 4) is 0 Å². The van der Waals surface area contributed by atoms with E-state index in [9.17, 15) is 0 Å². The summed E-state index contributed by atoms with van der Waals surface area (Å²) in [5, 5.41) is 11.3. The highest BCUT2D eigenvalue weighted by atomic mass is 15.4. The summed E-state index contributed by atoms with van der Waals surface area (Å²) in [6, 6.07) is 0.328. The van der Waals surface area contributed by atoms with E-state index in [1.165, 1.54) is 0 Å². The Morgan fingerprint density at radius 1 is 1.44 bits per heavy atom. The Morgan fingerprint density at radius 2 is 2.06 bits per heavy atom. The van der Waals surface area contributed by atoms with E-state index >= 15 is 0 Å². The van der Waals surface area contributed by atoms with Gasteiger partial charge in [0, 0.05) is 7.05 Å². The summed E-state index contributed by atoms with van der Waals surface area (Å²) in [5.74, 6) is 0.639. The molecule has 1 aromatic rings. The Hall–Kier alpha value is -0.900. The molecule has 92 valence electrons. The molecule has 0 bridgehead atoms. The Morgan fingerprint density at radius 3 is 2.44 bits per heavy atom. The van der Waals surface area contributed by atoms with Crippen LogP contribution in [0.1, 0.15) is 45.9 Å². The first-order chi connectivity index (χ1) is 7.36. The molecule has 2 atom stereocenters. The van der Waals surface area contributed by atoms with E-state index in [2.05, 4.69) is 43.3 Å². The van der Waals surface area contributed by atoms with Gasteiger partial charge in [0.1, 0.15) is 0 Å². The lowest BCUT2D eigenvalue weighted by Gasteiger charge is -2.30. The lowest BCUT2D eigenvalue weighted by Crippen LogP contribution is -2.26. The van der Waals surface area contributed by atoms with Gasteiger partial charge in [0.2, 0.25) is 0 Å². The fourth-order valence-corrected chi connectivity index (χ4v) is 1.71. The molecule has 1 rings (SSSR count). The van der Waals surface area contributed by atoms with Gasteiger partial charge < -0.3 is 5.32 Å². The second kappa shape index (κ2) is 4.95. The summed E-state index contributed by atoms with van der Waals surface area (Å²) in [7, 11) is 3.93. The summed E-state index contributed by atoms with van der Waals surface area (Å²) in [5.41, 5.74) is 1.49. The second-order valence-electron chi connectivity index (χ2n) is 5.63. The molecular formula is C12H24N4. The number of aryl methyl sites for hydroxylation is 1. The van der Waals surface area contributed by atoms with Crippen LogP contribution in [-0.2, 0) is 7.05 Å². The Kier molecular flexibility index (Phi) is 4.08. The molecule has 0 fully saturated rings. The molecule has 4 heteroatoms. The van der Waals surface area contributed by atoms with Crippen LogP contribution < -0.4 is 5.32 Å². The molecule has 1 aromatic heterocycles. The first-order valence-electron chi connectivity index (χ1n) is 5.88. The summed E-state index contributed by atoms with van der Waals surface area (Å²) in [6.45, 7) is 9.15. The van der Waals surface area contributed by atoms with Crippen molar-refractivity contribution in [2.24, 2.45) is 18.4 Å². The largest absolute Gasteiger partial charge is 0.312 e. The molecule has 0 aromatic carbocycles. The number of aromatic nitrogens is 3. The third-order valence-corrected chi connectivity index (χ3v) is 3.52. The highest BCUT2D eigenvalue weighted by Crippen LogP contribution is 2.32. The molecule has 16 heavy (non-hydrogen) atoms. The van der Waals surface area contributed by atoms with Crippen LogP contribution in [-0.4, -0.2) is 22.0 Å². The van der Waals surface area contributed by atoms with E-state index in [-0.39, 0.29) is 0 Å². The first kappa shape index (κ1) is 13.2. The smallest absolute Gasteiger partial charge is 0.0753 e. The fourth-order valence-electron chi connectivity index (χ4n) is 1.71. The number of nitrogens with zero attached hydrogens (tertiary/aromatic N) is 3. The lowest BCUT2D eigenvalue weighted by molar-refractivity contribution is 0.223. The van der Waals surface area contributed by atoms with Gasteiger partial charge in [-0.05, 0) is 24.8 Å². The van der Waals surface area contributed by atoms with E-state index in [0.29, 0.717) is 17.4 Å². The van der Waals surface area contributed by atoms with E-state index in [4.69, 9.17) is 0 Å². The zero-order valence-corrected chi connectivity index (χ0v) is 11.3. The first-order valence-corrected chi connectivity index (χ1v) is 5.88. The Balaban J connectivity index is 2.74. The van der Waals surface area contributed by atoms with Crippen molar-refractivity contribution in [2.45, 2.75) is 40.2 Å². The van der Waals surface area contributed by atoms with Crippen LogP contribution in [0.3, 0.4) is 0 Å². The molecule has 0 aliphatic rings. The van der Waals surface area contributed by atoms with E-state index in [1.807, 2.05) is 25.0 Å². The third-order valence-electron chi connectivity index (χ3n) is 3.52. The van der Waals surface area contributed by atoms with Crippen LogP contribution in [0.5, 0.6) is 0 Å². The van der Waals surface area contributed by atoms with Gasteiger partial charge in [-0.3, -0.25) is 4.68 Å². The normalized spacial score (nSPS) is 16.1. The summed E-state index contributed by atoms with van der Waals surface area (Å²) in [4.78, 5) is 0. The molecule has 1 N–H and O–H groups in total. The minimum Gasteiger partial charge on any atom is -0.312 e. The average Bonchev–Trinajstić information content (AvgIpc) is 2.59. The van der Waals surface area contributed by atoms with Gasteiger partial charge in [-0.2, -0.15) is 0 Å². The predicted octanol–water partition coefficient (Wildman–Crippen LogP) is 2.15. The number of rotatable bonds is 4. The maximum absolute atomic E-state index is 3.98. The molecule has 0 radical (unpaired) electrons. The number of hydrogen-bond donors (Lipinski definition) is 1. The molecule has 0 amide bonds. The zero-order valence-electron chi connectivity index (χ0n) is 11.3. The van der Waals surface area contributed by atoms with Gasteiger partial charge in [0.25, 0.3) is 0 Å². The van der Waals surface area contributed by atoms with Crippen molar-refractivity contribution in [1.82, 2.24) is 20.3 Å². The van der Waals surface area contributed by atoms with Crippen LogP contribution in [0.4, 0.5) is 0 Å². The molecule has 0 aliphatic carbocycles. The van der Waals surface area contributed by atoms with Gasteiger partial charge in [0.15, 0.2) is 0 Å². The SMILES string of the molecule is CNC(CC(C)C(C)(C)C)c1cnnn1C. The van der Waals surface area contributed by atoms with Crippen LogP contribution in [0.2, 0.25) is 0 Å². The highest BCUT2D eigenvalue weighted by Gasteiger charge is 2.25. The fraction of sp³-hybridized carbons (Fsp3) is 0.833. The maximum atomic E-state index is 3.98. The van der Waals surface area contributed by atoms with E-state index < -0.39 is 0 Å². The Labute approximate surface area is 98.4 Å². The van der Waals surface area contributed by atoms with E-state index in [0.717, 1.165) is 12.1 Å². The van der Waals surface area contributed by atoms with Gasteiger partial charge in [-0.1, -0.05) is 32.9 Å². The van der Waals surface area contributed by atoms with Crippen LogP contribution >= 0.6 is 0 Å². The number of hydrogen-bond acceptors (Lipinski definition) is 3. The molecule has 0 aliphatic heterocycles. The number of nitrogens with one attached hydrogen (secondary N) is 1. The molecule has 0 spiro atoms. The minimum absolute atomic E-state index is 0.328. The molecular weight excluding hydrogens is 200 g/mol. The topological polar surface area (TPSA) is 42.7 Å². The molecule has 1 heterocycles. The van der Waals surface area contributed by atoms with Crippen LogP contribution in [0.25, 0.3) is 0 Å². The minimum atomic E-state index is 0.328. The summed E-state index contributed by atoms with van der Waals surface area (Å²) < 4.78 is 1.84. The van der Waals surface area contributed by atoms with Crippen LogP contribution in [0.15, 0.2) is 6.20 Å². The lowest BCUT2D eigenvalue weighted by atomic mass is 9.78. The monoisotopic (exact) mass is 224 g/mol. The quantitative estimate of drug-likeness (QED) is 0.852. The maximum Gasteiger partial charge on any atom is 0.0753 e. The van der Waals surface area contributed by atoms with Gasteiger partial charge >= 0.3 is 0 Å². The van der Waals surface area contributed by atoms with E-state index in [1.54, 1.807) is 0 Å². The van der Waals surface area contributed by atoms with Crippen LogP contribution in [0, 0.1) is 11.3 Å². The zero-order chi connectivity index (χ0) is 12.3.